The van der Waals surface area contributed by atoms with Gasteiger partial charge < -0.3 is 10.1 Å². The van der Waals surface area contributed by atoms with E-state index in [9.17, 15) is 18.4 Å². The van der Waals surface area contributed by atoms with E-state index in [1.54, 1.807) is 12.1 Å². The lowest BCUT2D eigenvalue weighted by atomic mass is 9.93. The Hall–Kier alpha value is -2.85. The second-order valence-electron chi connectivity index (χ2n) is 8.29. The number of benzene rings is 2. The van der Waals surface area contributed by atoms with Crippen LogP contribution in [0.15, 0.2) is 57.6 Å². The van der Waals surface area contributed by atoms with Gasteiger partial charge in [-0.05, 0) is 74.2 Å². The molecule has 0 bridgehead atoms. The van der Waals surface area contributed by atoms with Gasteiger partial charge in [0.05, 0.1) is 15.4 Å². The zero-order valence-corrected chi connectivity index (χ0v) is 19.6. The minimum atomic E-state index is -3.31. The molecule has 0 radical (unpaired) electrons. The zero-order valence-electron chi connectivity index (χ0n) is 18.0. The first kappa shape index (κ1) is 22.3. The number of fused-ring (bicyclic) bond motifs is 1. The molecule has 32 heavy (non-hydrogen) atoms. The smallest absolute Gasteiger partial charge is 0.300 e. The van der Waals surface area contributed by atoms with Gasteiger partial charge in [-0.2, -0.15) is 5.10 Å². The Bertz CT molecular complexity index is 1240. The van der Waals surface area contributed by atoms with Gasteiger partial charge in [0.1, 0.15) is 0 Å². The molecule has 2 aliphatic heterocycles. The number of anilines is 1. The van der Waals surface area contributed by atoms with Crippen molar-refractivity contribution in [2.75, 3.05) is 17.7 Å². The molecule has 4 rings (SSSR count). The predicted molar refractivity (Wildman–Crippen MR) is 127 cm³/mol. The summed E-state index contributed by atoms with van der Waals surface area (Å²) in [6.45, 7) is 4.60. The Balaban J connectivity index is 1.69. The lowest BCUT2D eigenvalue weighted by Crippen LogP contribution is -2.39. The Morgan fingerprint density at radius 2 is 1.94 bits per heavy atom. The van der Waals surface area contributed by atoms with Crippen molar-refractivity contribution >= 4 is 44.1 Å². The van der Waals surface area contributed by atoms with Crippen LogP contribution < -0.4 is 10.3 Å². The molecule has 10 heteroatoms. The van der Waals surface area contributed by atoms with Crippen LogP contribution >= 0.6 is 11.8 Å². The van der Waals surface area contributed by atoms with E-state index in [1.807, 2.05) is 30.9 Å². The summed E-state index contributed by atoms with van der Waals surface area (Å²) in [5.41, 5.74) is 6.91. The van der Waals surface area contributed by atoms with E-state index in [0.717, 1.165) is 41.6 Å². The van der Waals surface area contributed by atoms with Crippen LogP contribution in [0.1, 0.15) is 37.0 Å². The fourth-order valence-corrected chi connectivity index (χ4v) is 5.48. The van der Waals surface area contributed by atoms with Crippen LogP contribution in [0, 0.1) is 0 Å². The maximum atomic E-state index is 11.8. The number of amides is 1. The standard InChI is InChI=1S/C22H24N4O4S2/c1-22(2)19(23-24-21(27)31-22)16-8-11-18-15(13-16)5-4-12-26(18)20(25-28)14-6-9-17(10-7-14)32(3,29)30/h6-11,13,28H,4-5,12H2,1-3H3,(H,24,27)/b25-20-. The van der Waals surface area contributed by atoms with E-state index >= 15 is 0 Å². The fourth-order valence-electron chi connectivity index (χ4n) is 4.03. The quantitative estimate of drug-likeness (QED) is 0.305. The van der Waals surface area contributed by atoms with Crippen LogP contribution in [0.3, 0.4) is 0 Å². The molecule has 8 nitrogen and oxygen atoms in total. The van der Waals surface area contributed by atoms with Gasteiger partial charge in [-0.3, -0.25) is 4.79 Å². The molecule has 2 aromatic carbocycles. The highest BCUT2D eigenvalue weighted by molar-refractivity contribution is 8.15. The Morgan fingerprint density at radius 1 is 1.22 bits per heavy atom. The molecular weight excluding hydrogens is 448 g/mol. The van der Waals surface area contributed by atoms with Gasteiger partial charge in [0.25, 0.3) is 5.24 Å². The van der Waals surface area contributed by atoms with Crippen molar-refractivity contribution in [2.24, 2.45) is 10.3 Å². The maximum absolute atomic E-state index is 11.8. The number of amidine groups is 1. The first-order valence-electron chi connectivity index (χ1n) is 10.1. The van der Waals surface area contributed by atoms with Crippen molar-refractivity contribution in [1.29, 1.82) is 0 Å². The molecule has 2 aromatic rings. The van der Waals surface area contributed by atoms with Crippen LogP contribution in [-0.2, 0) is 16.3 Å². The van der Waals surface area contributed by atoms with E-state index in [1.165, 1.54) is 23.9 Å². The summed E-state index contributed by atoms with van der Waals surface area (Å²) in [5, 5.41) is 17.5. The number of nitrogens with one attached hydrogen (secondary N) is 1. The number of oxime groups is 1. The van der Waals surface area contributed by atoms with Crippen molar-refractivity contribution in [3.63, 3.8) is 0 Å². The van der Waals surface area contributed by atoms with Crippen LogP contribution in [0.4, 0.5) is 10.5 Å². The molecule has 1 amide bonds. The molecule has 168 valence electrons. The molecule has 2 N–H and O–H groups in total. The van der Waals surface area contributed by atoms with Crippen molar-refractivity contribution in [3.8, 4) is 0 Å². The van der Waals surface area contributed by atoms with Gasteiger partial charge >= 0.3 is 0 Å². The molecule has 0 aromatic heterocycles. The summed E-state index contributed by atoms with van der Waals surface area (Å²) >= 11 is 1.21. The third-order valence-corrected chi connectivity index (χ3v) is 7.65. The fraction of sp³-hybridized carbons (Fsp3) is 0.318. The summed E-state index contributed by atoms with van der Waals surface area (Å²) in [6, 6.07) is 12.3. The van der Waals surface area contributed by atoms with Crippen molar-refractivity contribution in [1.82, 2.24) is 5.43 Å². The minimum Gasteiger partial charge on any atom is -0.409 e. The second kappa shape index (κ2) is 8.25. The largest absolute Gasteiger partial charge is 0.409 e. The molecule has 0 fully saturated rings. The average molecular weight is 473 g/mol. The van der Waals surface area contributed by atoms with E-state index in [2.05, 4.69) is 21.7 Å². The molecule has 0 saturated heterocycles. The van der Waals surface area contributed by atoms with Gasteiger partial charge in [0, 0.05) is 24.1 Å². The molecule has 0 spiro atoms. The van der Waals surface area contributed by atoms with E-state index in [0.29, 0.717) is 17.9 Å². The van der Waals surface area contributed by atoms with Crippen molar-refractivity contribution in [2.45, 2.75) is 36.3 Å². The van der Waals surface area contributed by atoms with Gasteiger partial charge in [0.15, 0.2) is 15.7 Å². The second-order valence-corrected chi connectivity index (χ2v) is 11.9. The summed E-state index contributed by atoms with van der Waals surface area (Å²) in [5.74, 6) is 0.358. The first-order valence-corrected chi connectivity index (χ1v) is 12.8. The number of sulfone groups is 1. The normalized spacial score (nSPS) is 18.6. The van der Waals surface area contributed by atoms with E-state index in [4.69, 9.17) is 0 Å². The van der Waals surface area contributed by atoms with Crippen LogP contribution in [-0.4, -0.2) is 48.0 Å². The number of hydrogen-bond donors (Lipinski definition) is 2. The van der Waals surface area contributed by atoms with Crippen LogP contribution in [0.25, 0.3) is 0 Å². The summed E-state index contributed by atoms with van der Waals surface area (Å²) in [4.78, 5) is 13.9. The SMILES string of the molecule is CC1(C)SC(=O)NN=C1c1ccc2c(c1)CCCN2/C(=N\O)c1ccc(S(C)(=O)=O)cc1. The highest BCUT2D eigenvalue weighted by atomic mass is 32.2. The van der Waals surface area contributed by atoms with E-state index < -0.39 is 14.6 Å². The topological polar surface area (TPSA) is 111 Å². The van der Waals surface area contributed by atoms with Gasteiger partial charge in [-0.15, -0.1) is 0 Å². The van der Waals surface area contributed by atoms with Gasteiger partial charge in [0.2, 0.25) is 0 Å². The highest BCUT2D eigenvalue weighted by Gasteiger charge is 2.34. The van der Waals surface area contributed by atoms with Crippen molar-refractivity contribution in [3.05, 3.63) is 59.2 Å². The lowest BCUT2D eigenvalue weighted by Gasteiger charge is -2.33. The number of hydrogen-bond acceptors (Lipinski definition) is 7. The molecule has 0 aliphatic carbocycles. The maximum Gasteiger partial charge on any atom is 0.300 e. The number of carbonyl (C=O) groups excluding carboxylic acids is 1. The summed E-state index contributed by atoms with van der Waals surface area (Å²) in [7, 11) is -3.31. The molecule has 0 atom stereocenters. The summed E-state index contributed by atoms with van der Waals surface area (Å²) < 4.78 is 23.0. The molecular formula is C22H24N4O4S2. The number of rotatable bonds is 3. The van der Waals surface area contributed by atoms with Gasteiger partial charge in [-0.1, -0.05) is 23.0 Å². The number of carbonyl (C=O) groups is 1. The summed E-state index contributed by atoms with van der Waals surface area (Å²) in [6.07, 6.45) is 2.88. The Morgan fingerprint density at radius 3 is 2.56 bits per heavy atom. The first-order chi connectivity index (χ1) is 15.1. The average Bonchev–Trinajstić information content (AvgIpc) is 2.73. The number of hydrazone groups is 1. The molecule has 2 aliphatic rings. The lowest BCUT2D eigenvalue weighted by molar-refractivity contribution is 0.260. The minimum absolute atomic E-state index is 0.173. The zero-order chi connectivity index (χ0) is 23.1. The molecule has 2 heterocycles. The van der Waals surface area contributed by atoms with Crippen LogP contribution in [0.2, 0.25) is 0 Å². The van der Waals surface area contributed by atoms with Crippen molar-refractivity contribution < 1.29 is 18.4 Å². The highest BCUT2D eigenvalue weighted by Crippen LogP contribution is 2.35. The van der Waals surface area contributed by atoms with Gasteiger partial charge in [-0.25, -0.2) is 13.8 Å². The number of aryl methyl sites for hydroxylation is 1. The third-order valence-electron chi connectivity index (χ3n) is 5.54. The Labute approximate surface area is 191 Å². The monoisotopic (exact) mass is 472 g/mol. The number of thioether (sulfide) groups is 1. The Kier molecular flexibility index (Phi) is 5.76. The number of nitrogens with zero attached hydrogens (tertiary/aromatic N) is 3. The molecule has 0 unspecified atom stereocenters. The molecule has 0 saturated carbocycles. The van der Waals surface area contributed by atoms with Crippen LogP contribution in [0.5, 0.6) is 0 Å². The predicted octanol–water partition coefficient (Wildman–Crippen LogP) is 3.62. The third kappa shape index (κ3) is 4.24. The van der Waals surface area contributed by atoms with E-state index in [-0.39, 0.29) is 10.1 Å².